The molecule has 1 amide bonds. The van der Waals surface area contributed by atoms with Gasteiger partial charge in [0.25, 0.3) is 5.91 Å². The molecule has 1 aromatic rings. The Morgan fingerprint density at radius 3 is 2.95 bits per heavy atom. The van der Waals surface area contributed by atoms with Gasteiger partial charge in [0.05, 0.1) is 5.56 Å². The second-order valence-electron chi connectivity index (χ2n) is 6.05. The van der Waals surface area contributed by atoms with Crippen LogP contribution in [-0.2, 0) is 6.42 Å². The van der Waals surface area contributed by atoms with E-state index in [1.807, 2.05) is 6.07 Å². The molecule has 0 aromatic heterocycles. The Bertz CT molecular complexity index is 577. The van der Waals surface area contributed by atoms with Gasteiger partial charge >= 0.3 is 0 Å². The number of hydrogen-bond acceptors (Lipinski definition) is 4. The molecule has 4 N–H and O–H groups in total. The van der Waals surface area contributed by atoms with Gasteiger partial charge in [0, 0.05) is 29.0 Å². The van der Waals surface area contributed by atoms with Crippen LogP contribution >= 0.6 is 15.9 Å². The summed E-state index contributed by atoms with van der Waals surface area (Å²) in [6.45, 7) is 1.72. The van der Waals surface area contributed by atoms with Crippen molar-refractivity contribution in [2.45, 2.75) is 44.4 Å². The second kappa shape index (κ2) is 6.56. The van der Waals surface area contributed by atoms with Gasteiger partial charge in [-0.2, -0.15) is 0 Å². The van der Waals surface area contributed by atoms with E-state index in [-0.39, 0.29) is 6.23 Å². The molecule has 2 aliphatic heterocycles. The third-order valence-electron chi connectivity index (χ3n) is 4.59. The standard InChI is InChI=1S/C16H22BrN3O2/c17-11-7-10-8-14(22-15(10)13(9-11)16(19)21)20-6-2-1-3-12(20)4-5-18/h7,9,12,14H,1-6,8,18H2,(H2,19,21). The molecule has 5 nitrogen and oxygen atoms in total. The first kappa shape index (κ1) is 15.8. The van der Waals surface area contributed by atoms with Crippen molar-refractivity contribution in [2.75, 3.05) is 13.1 Å². The van der Waals surface area contributed by atoms with Gasteiger partial charge in [0.1, 0.15) is 5.75 Å². The predicted molar refractivity (Wildman–Crippen MR) is 88.8 cm³/mol. The van der Waals surface area contributed by atoms with Crippen LogP contribution in [0.5, 0.6) is 5.75 Å². The molecule has 0 radical (unpaired) electrons. The van der Waals surface area contributed by atoms with Gasteiger partial charge < -0.3 is 16.2 Å². The average molecular weight is 368 g/mol. The molecule has 0 aliphatic carbocycles. The van der Waals surface area contributed by atoms with Gasteiger partial charge in [0.2, 0.25) is 0 Å². The summed E-state index contributed by atoms with van der Waals surface area (Å²) in [4.78, 5) is 14.1. The molecule has 1 aromatic carbocycles. The normalized spacial score (nSPS) is 24.8. The maximum atomic E-state index is 11.7. The molecule has 1 fully saturated rings. The molecular weight excluding hydrogens is 346 g/mol. The van der Waals surface area contributed by atoms with Gasteiger partial charge in [-0.15, -0.1) is 0 Å². The number of primary amides is 1. The largest absolute Gasteiger partial charge is 0.474 e. The van der Waals surface area contributed by atoms with Crippen LogP contribution in [0.4, 0.5) is 0 Å². The SMILES string of the molecule is NCCC1CCCCN1C1Cc2cc(Br)cc(C(N)=O)c2O1. The number of piperidine rings is 1. The first-order valence-electron chi connectivity index (χ1n) is 7.85. The fraction of sp³-hybridized carbons (Fsp3) is 0.562. The zero-order valence-corrected chi connectivity index (χ0v) is 14.1. The number of fused-ring (bicyclic) bond motifs is 1. The Morgan fingerprint density at radius 2 is 2.23 bits per heavy atom. The Kier molecular flexibility index (Phi) is 4.70. The van der Waals surface area contributed by atoms with E-state index in [9.17, 15) is 4.79 Å². The fourth-order valence-corrected chi connectivity index (χ4v) is 4.08. The summed E-state index contributed by atoms with van der Waals surface area (Å²) in [6, 6.07) is 4.22. The minimum Gasteiger partial charge on any atom is -0.474 e. The maximum absolute atomic E-state index is 11.7. The maximum Gasteiger partial charge on any atom is 0.252 e. The van der Waals surface area contributed by atoms with Gasteiger partial charge in [-0.05, 0) is 37.9 Å². The molecule has 0 bridgehead atoms. The van der Waals surface area contributed by atoms with Crippen molar-refractivity contribution in [3.63, 3.8) is 0 Å². The summed E-state index contributed by atoms with van der Waals surface area (Å²) in [6.07, 6.45) is 5.36. The van der Waals surface area contributed by atoms with Crippen LogP contribution in [-0.4, -0.2) is 36.2 Å². The van der Waals surface area contributed by atoms with Crippen LogP contribution in [0.15, 0.2) is 16.6 Å². The number of amides is 1. The Morgan fingerprint density at radius 1 is 1.41 bits per heavy atom. The summed E-state index contributed by atoms with van der Waals surface area (Å²) in [7, 11) is 0. The lowest BCUT2D eigenvalue weighted by molar-refractivity contribution is -0.0115. The van der Waals surface area contributed by atoms with E-state index in [0.717, 1.165) is 29.4 Å². The van der Waals surface area contributed by atoms with Crippen LogP contribution in [0.25, 0.3) is 0 Å². The molecule has 2 aliphatic rings. The van der Waals surface area contributed by atoms with E-state index in [1.54, 1.807) is 6.07 Å². The number of ether oxygens (including phenoxy) is 1. The topological polar surface area (TPSA) is 81.6 Å². The molecule has 2 unspecified atom stereocenters. The first-order chi connectivity index (χ1) is 10.6. The monoisotopic (exact) mass is 367 g/mol. The number of rotatable bonds is 4. The van der Waals surface area contributed by atoms with E-state index < -0.39 is 5.91 Å². The van der Waals surface area contributed by atoms with Gasteiger partial charge in [-0.25, -0.2) is 0 Å². The molecule has 120 valence electrons. The summed E-state index contributed by atoms with van der Waals surface area (Å²) >= 11 is 3.44. The number of benzene rings is 1. The molecular formula is C16H22BrN3O2. The van der Waals surface area contributed by atoms with Gasteiger partial charge in [0.15, 0.2) is 6.23 Å². The number of hydrogen-bond donors (Lipinski definition) is 2. The molecule has 2 atom stereocenters. The highest BCUT2D eigenvalue weighted by Crippen LogP contribution is 2.38. The quantitative estimate of drug-likeness (QED) is 0.852. The third kappa shape index (κ3) is 3.00. The predicted octanol–water partition coefficient (Wildman–Crippen LogP) is 2.01. The van der Waals surface area contributed by atoms with E-state index >= 15 is 0 Å². The number of carbonyl (C=O) groups excluding carboxylic acids is 1. The van der Waals surface area contributed by atoms with E-state index in [2.05, 4.69) is 20.8 Å². The van der Waals surface area contributed by atoms with Crippen molar-refractivity contribution in [1.29, 1.82) is 0 Å². The molecule has 2 heterocycles. The molecule has 6 heteroatoms. The van der Waals surface area contributed by atoms with Gasteiger partial charge in [-0.3, -0.25) is 9.69 Å². The molecule has 22 heavy (non-hydrogen) atoms. The van der Waals surface area contributed by atoms with Crippen molar-refractivity contribution in [3.05, 3.63) is 27.7 Å². The highest BCUT2D eigenvalue weighted by molar-refractivity contribution is 9.10. The molecule has 0 saturated carbocycles. The molecule has 1 saturated heterocycles. The zero-order valence-electron chi connectivity index (χ0n) is 12.6. The lowest BCUT2D eigenvalue weighted by atomic mass is 9.98. The van der Waals surface area contributed by atoms with E-state index in [4.69, 9.17) is 16.2 Å². The smallest absolute Gasteiger partial charge is 0.252 e. The van der Waals surface area contributed by atoms with Gasteiger partial charge in [-0.1, -0.05) is 22.4 Å². The van der Waals surface area contributed by atoms with Crippen molar-refractivity contribution >= 4 is 21.8 Å². The second-order valence-corrected chi connectivity index (χ2v) is 6.96. The van der Waals surface area contributed by atoms with Crippen molar-refractivity contribution < 1.29 is 9.53 Å². The Hall–Kier alpha value is -1.11. The minimum absolute atomic E-state index is 0.0146. The lowest BCUT2D eigenvalue weighted by Crippen LogP contribution is -2.49. The Labute approximate surface area is 139 Å². The Balaban J connectivity index is 1.84. The first-order valence-corrected chi connectivity index (χ1v) is 8.64. The van der Waals surface area contributed by atoms with E-state index in [1.165, 1.54) is 19.3 Å². The molecule has 3 rings (SSSR count). The third-order valence-corrected chi connectivity index (χ3v) is 5.04. The van der Waals surface area contributed by atoms with Crippen LogP contribution in [0.2, 0.25) is 0 Å². The molecule has 0 spiro atoms. The van der Waals surface area contributed by atoms with Crippen LogP contribution < -0.4 is 16.2 Å². The zero-order chi connectivity index (χ0) is 15.7. The highest BCUT2D eigenvalue weighted by atomic mass is 79.9. The number of carbonyl (C=O) groups is 1. The summed E-state index contributed by atoms with van der Waals surface area (Å²) in [5, 5.41) is 0. The highest BCUT2D eigenvalue weighted by Gasteiger charge is 2.35. The summed E-state index contributed by atoms with van der Waals surface area (Å²) in [5.41, 5.74) is 12.7. The average Bonchev–Trinajstić information content (AvgIpc) is 2.90. The van der Waals surface area contributed by atoms with Crippen molar-refractivity contribution in [1.82, 2.24) is 4.90 Å². The van der Waals surface area contributed by atoms with E-state index in [0.29, 0.717) is 23.9 Å². The summed E-state index contributed by atoms with van der Waals surface area (Å²) in [5.74, 6) is 0.202. The van der Waals surface area contributed by atoms with Crippen LogP contribution in [0, 0.1) is 0 Å². The minimum atomic E-state index is -0.449. The number of halogens is 1. The van der Waals surface area contributed by atoms with Crippen LogP contribution in [0.3, 0.4) is 0 Å². The number of nitrogens with zero attached hydrogens (tertiary/aromatic N) is 1. The van der Waals surface area contributed by atoms with Crippen molar-refractivity contribution in [3.8, 4) is 5.75 Å². The number of nitrogens with two attached hydrogens (primary N) is 2. The number of likely N-dealkylation sites (tertiary alicyclic amines) is 1. The van der Waals surface area contributed by atoms with Crippen LogP contribution in [0.1, 0.15) is 41.6 Å². The fourth-order valence-electron chi connectivity index (χ4n) is 3.58. The lowest BCUT2D eigenvalue weighted by Gasteiger charge is -2.39. The van der Waals surface area contributed by atoms with Crippen molar-refractivity contribution in [2.24, 2.45) is 11.5 Å². The summed E-state index contributed by atoms with van der Waals surface area (Å²) < 4.78 is 7.00.